The predicted molar refractivity (Wildman–Crippen MR) is 93.6 cm³/mol. The number of halogens is 1. The number of nitrogens with zero attached hydrogens (tertiary/aromatic N) is 2. The fraction of sp³-hybridized carbons (Fsp3) is 0.467. The summed E-state index contributed by atoms with van der Waals surface area (Å²) >= 11 is 11.5. The zero-order chi connectivity index (χ0) is 16.8. The van der Waals surface area contributed by atoms with Gasteiger partial charge in [0.05, 0.1) is 25.3 Å². The second kappa shape index (κ2) is 8.21. The molecule has 0 aliphatic rings. The number of benzene rings is 1. The lowest BCUT2D eigenvalue weighted by Gasteiger charge is -2.14. The molecular weight excluding hydrogens is 336 g/mol. The van der Waals surface area contributed by atoms with Gasteiger partial charge in [-0.15, -0.1) is 0 Å². The van der Waals surface area contributed by atoms with Crippen molar-refractivity contribution < 1.29 is 9.47 Å². The Morgan fingerprint density at radius 2 is 2.17 bits per heavy atom. The van der Waals surface area contributed by atoms with Crippen LogP contribution in [-0.2, 0) is 13.0 Å². The number of aromatic amines is 1. The minimum Gasteiger partial charge on any atom is -0.493 e. The zero-order valence-corrected chi connectivity index (χ0v) is 15.1. The molecule has 6 nitrogen and oxygen atoms in total. The number of nitrogens with one attached hydrogen (secondary N) is 2. The van der Waals surface area contributed by atoms with Gasteiger partial charge in [0.1, 0.15) is 0 Å². The maximum atomic E-state index is 6.29. The van der Waals surface area contributed by atoms with E-state index in [9.17, 15) is 0 Å². The average Bonchev–Trinajstić information content (AvgIpc) is 2.88. The third-order valence-electron chi connectivity index (χ3n) is 3.23. The van der Waals surface area contributed by atoms with Crippen LogP contribution >= 0.6 is 23.8 Å². The minimum atomic E-state index is 0.521. The summed E-state index contributed by atoms with van der Waals surface area (Å²) in [6, 6.07) is 3.75. The number of aromatic nitrogens is 3. The second-order valence-corrected chi connectivity index (χ2v) is 5.70. The number of hydrogen-bond donors (Lipinski definition) is 2. The molecule has 126 valence electrons. The lowest BCUT2D eigenvalue weighted by molar-refractivity contribution is 0.311. The van der Waals surface area contributed by atoms with Crippen molar-refractivity contribution in [1.82, 2.24) is 14.9 Å². The van der Waals surface area contributed by atoms with E-state index < -0.39 is 0 Å². The number of hydrogen-bond acceptors (Lipinski definition) is 5. The summed E-state index contributed by atoms with van der Waals surface area (Å²) in [5.41, 5.74) is 4.22. The Labute approximate surface area is 145 Å². The van der Waals surface area contributed by atoms with Crippen molar-refractivity contribution in [3.05, 3.63) is 33.3 Å². The molecular formula is C15H21ClN4O2S. The van der Waals surface area contributed by atoms with Crippen molar-refractivity contribution in [3.63, 3.8) is 0 Å². The van der Waals surface area contributed by atoms with E-state index in [4.69, 9.17) is 33.3 Å². The molecule has 23 heavy (non-hydrogen) atoms. The van der Waals surface area contributed by atoms with Gasteiger partial charge in [0.25, 0.3) is 0 Å². The van der Waals surface area contributed by atoms with Crippen LogP contribution in [0.25, 0.3) is 0 Å². The highest BCUT2D eigenvalue weighted by molar-refractivity contribution is 7.71. The number of methoxy groups -OCH3 is 1. The Kier molecular flexibility index (Phi) is 6.29. The SMILES string of the molecule is CCCc1n[nH]c(=S)n1NCc1cc(Cl)c(OCC)c(OC)c1. The summed E-state index contributed by atoms with van der Waals surface area (Å²) in [4.78, 5) is 0. The van der Waals surface area contributed by atoms with Crippen molar-refractivity contribution in [2.45, 2.75) is 33.2 Å². The molecule has 2 N–H and O–H groups in total. The Bertz CT molecular complexity index is 714. The molecule has 0 bridgehead atoms. The molecule has 2 rings (SSSR count). The zero-order valence-electron chi connectivity index (χ0n) is 13.5. The smallest absolute Gasteiger partial charge is 0.214 e. The average molecular weight is 357 g/mol. The Balaban J connectivity index is 2.20. The molecule has 0 spiro atoms. The van der Waals surface area contributed by atoms with Crippen molar-refractivity contribution in [3.8, 4) is 11.5 Å². The lowest BCUT2D eigenvalue weighted by atomic mass is 10.2. The van der Waals surface area contributed by atoms with Gasteiger partial charge in [0, 0.05) is 6.42 Å². The number of rotatable bonds is 8. The van der Waals surface area contributed by atoms with Crippen LogP contribution in [0.4, 0.5) is 0 Å². The van der Waals surface area contributed by atoms with Gasteiger partial charge in [-0.2, -0.15) is 5.10 Å². The third kappa shape index (κ3) is 4.17. The van der Waals surface area contributed by atoms with Crippen molar-refractivity contribution in [1.29, 1.82) is 0 Å². The fourth-order valence-electron chi connectivity index (χ4n) is 2.21. The molecule has 1 heterocycles. The Hall–Kier alpha value is -1.73. The van der Waals surface area contributed by atoms with Gasteiger partial charge < -0.3 is 14.9 Å². The van der Waals surface area contributed by atoms with Gasteiger partial charge in [-0.05, 0) is 43.3 Å². The summed E-state index contributed by atoms with van der Waals surface area (Å²) in [7, 11) is 1.59. The molecule has 0 saturated carbocycles. The van der Waals surface area contributed by atoms with Crippen LogP contribution in [0.2, 0.25) is 5.02 Å². The van der Waals surface area contributed by atoms with Crippen molar-refractivity contribution >= 4 is 23.8 Å². The summed E-state index contributed by atoms with van der Waals surface area (Å²) < 4.78 is 13.2. The second-order valence-electron chi connectivity index (χ2n) is 4.91. The summed E-state index contributed by atoms with van der Waals surface area (Å²) in [6.45, 7) is 5.06. The van der Waals surface area contributed by atoms with Crippen LogP contribution in [0.5, 0.6) is 11.5 Å². The van der Waals surface area contributed by atoms with Gasteiger partial charge in [-0.25, -0.2) is 4.68 Å². The van der Waals surface area contributed by atoms with Crippen LogP contribution in [0.1, 0.15) is 31.7 Å². The van der Waals surface area contributed by atoms with Crippen LogP contribution in [0.3, 0.4) is 0 Å². The molecule has 0 unspecified atom stereocenters. The first-order chi connectivity index (χ1) is 11.1. The van der Waals surface area contributed by atoms with E-state index in [1.807, 2.05) is 19.1 Å². The van der Waals surface area contributed by atoms with E-state index in [1.54, 1.807) is 11.8 Å². The largest absolute Gasteiger partial charge is 0.493 e. The molecule has 0 amide bonds. The first kappa shape index (κ1) is 17.6. The predicted octanol–water partition coefficient (Wildman–Crippen LogP) is 3.70. The van der Waals surface area contributed by atoms with Gasteiger partial charge in [-0.3, -0.25) is 5.10 Å². The Morgan fingerprint density at radius 1 is 1.39 bits per heavy atom. The molecule has 1 aromatic heterocycles. The molecule has 8 heteroatoms. The molecule has 0 aliphatic heterocycles. The summed E-state index contributed by atoms with van der Waals surface area (Å²) in [5.74, 6) is 2.05. The Morgan fingerprint density at radius 3 is 2.83 bits per heavy atom. The van der Waals surface area contributed by atoms with E-state index in [1.165, 1.54) is 0 Å². The normalized spacial score (nSPS) is 10.6. The molecule has 2 aromatic rings. The highest BCUT2D eigenvalue weighted by atomic mass is 35.5. The van der Waals surface area contributed by atoms with Gasteiger partial charge in [-0.1, -0.05) is 18.5 Å². The van der Waals surface area contributed by atoms with Crippen LogP contribution in [-0.4, -0.2) is 28.6 Å². The van der Waals surface area contributed by atoms with Crippen LogP contribution in [0.15, 0.2) is 12.1 Å². The maximum Gasteiger partial charge on any atom is 0.214 e. The molecule has 0 fully saturated rings. The van der Waals surface area contributed by atoms with E-state index >= 15 is 0 Å². The van der Waals surface area contributed by atoms with E-state index in [0.717, 1.165) is 24.2 Å². The molecule has 0 atom stereocenters. The highest BCUT2D eigenvalue weighted by Gasteiger charge is 2.12. The lowest BCUT2D eigenvalue weighted by Crippen LogP contribution is -2.17. The molecule has 0 aliphatic carbocycles. The summed E-state index contributed by atoms with van der Waals surface area (Å²) in [6.07, 6.45) is 1.83. The first-order valence-electron chi connectivity index (χ1n) is 7.50. The third-order valence-corrected chi connectivity index (χ3v) is 3.79. The van der Waals surface area contributed by atoms with Gasteiger partial charge in [0.15, 0.2) is 17.3 Å². The standard InChI is InChI=1S/C15H21ClN4O2S/c1-4-6-13-18-19-15(23)20(13)17-9-10-7-11(16)14(22-5-2)12(8-10)21-3/h7-8,17H,4-6,9H2,1-3H3,(H,19,23). The maximum absolute atomic E-state index is 6.29. The van der Waals surface area contributed by atoms with Crippen LogP contribution in [0, 0.1) is 4.77 Å². The van der Waals surface area contributed by atoms with Crippen molar-refractivity contribution in [2.75, 3.05) is 19.1 Å². The summed E-state index contributed by atoms with van der Waals surface area (Å²) in [5, 5.41) is 7.54. The number of H-pyrrole nitrogens is 1. The van der Waals surface area contributed by atoms with Gasteiger partial charge in [0.2, 0.25) is 4.77 Å². The highest BCUT2D eigenvalue weighted by Crippen LogP contribution is 2.36. The van der Waals surface area contributed by atoms with E-state index in [-0.39, 0.29) is 0 Å². The topological polar surface area (TPSA) is 64.1 Å². The number of aryl methyl sites for hydroxylation is 1. The molecule has 0 saturated heterocycles. The quantitative estimate of drug-likeness (QED) is 0.706. The van der Waals surface area contributed by atoms with Gasteiger partial charge >= 0.3 is 0 Å². The van der Waals surface area contributed by atoms with E-state index in [0.29, 0.717) is 34.4 Å². The van der Waals surface area contributed by atoms with Crippen molar-refractivity contribution in [2.24, 2.45) is 0 Å². The fourth-order valence-corrected chi connectivity index (χ4v) is 2.72. The minimum absolute atomic E-state index is 0.521. The number of ether oxygens (including phenoxy) is 2. The monoisotopic (exact) mass is 356 g/mol. The first-order valence-corrected chi connectivity index (χ1v) is 8.28. The van der Waals surface area contributed by atoms with E-state index in [2.05, 4.69) is 22.5 Å². The molecule has 0 radical (unpaired) electrons. The van der Waals surface area contributed by atoms with Crippen LogP contribution < -0.4 is 14.9 Å². The molecule has 1 aromatic carbocycles.